The van der Waals surface area contributed by atoms with Gasteiger partial charge in [0.15, 0.2) is 0 Å². The first-order valence-corrected chi connectivity index (χ1v) is 5.55. The highest BCUT2D eigenvalue weighted by atomic mass is 16.5. The molecule has 1 aliphatic carbocycles. The highest BCUT2D eigenvalue weighted by molar-refractivity contribution is 5.81. The van der Waals surface area contributed by atoms with Gasteiger partial charge in [0.1, 0.15) is 12.4 Å². The third-order valence-corrected chi connectivity index (χ3v) is 2.45. The van der Waals surface area contributed by atoms with Crippen molar-refractivity contribution in [2.75, 3.05) is 0 Å². The second kappa shape index (κ2) is 5.84. The molecule has 2 rings (SSSR count). The van der Waals surface area contributed by atoms with Gasteiger partial charge in [0.2, 0.25) is 13.1 Å². The third-order valence-electron chi connectivity index (χ3n) is 2.45. The predicted octanol–water partition coefficient (Wildman–Crippen LogP) is 1.49. The van der Waals surface area contributed by atoms with Gasteiger partial charge in [-0.15, -0.1) is 0 Å². The van der Waals surface area contributed by atoms with Crippen molar-refractivity contribution in [1.29, 1.82) is 0 Å². The molecule has 4 nitrogen and oxygen atoms in total. The molecule has 88 valence electrons. The van der Waals surface area contributed by atoms with Crippen LogP contribution >= 0.6 is 0 Å². The van der Waals surface area contributed by atoms with Gasteiger partial charge in [-0.25, -0.2) is 9.36 Å². The van der Waals surface area contributed by atoms with Gasteiger partial charge in [-0.3, -0.25) is 4.98 Å². The molecule has 0 spiro atoms. The van der Waals surface area contributed by atoms with E-state index < -0.39 is 0 Å². The Kier molecular flexibility index (Phi) is 3.91. The Labute approximate surface area is 99.9 Å². The van der Waals surface area contributed by atoms with Crippen LogP contribution in [0.2, 0.25) is 0 Å². The van der Waals surface area contributed by atoms with E-state index in [1.54, 1.807) is 23.3 Å². The van der Waals surface area contributed by atoms with Crippen LogP contribution in [-0.4, -0.2) is 11.0 Å². The molecule has 0 saturated heterocycles. The number of nitrogens with one attached hydrogen (secondary N) is 1. The SMILES string of the molecule is O=C(C=CC1C=CC=CC1)OC[n+]1cc[nH]c1. The molecule has 0 aliphatic heterocycles. The van der Waals surface area contributed by atoms with Crippen molar-refractivity contribution in [3.05, 3.63) is 55.2 Å². The van der Waals surface area contributed by atoms with E-state index in [4.69, 9.17) is 4.74 Å². The van der Waals surface area contributed by atoms with Crippen molar-refractivity contribution in [3.8, 4) is 0 Å². The normalized spacial score (nSPS) is 18.7. The Morgan fingerprint density at radius 1 is 1.53 bits per heavy atom. The fraction of sp³-hybridized carbons (Fsp3) is 0.231. The molecule has 0 radical (unpaired) electrons. The standard InChI is InChI=1S/C13H14N2O2/c16-13(17-11-15-9-8-14-10-15)7-6-12-4-2-1-3-5-12/h1-4,6-10,12H,5,11H2/p+1. The van der Waals surface area contributed by atoms with E-state index in [9.17, 15) is 4.79 Å². The van der Waals surface area contributed by atoms with E-state index in [0.717, 1.165) is 6.42 Å². The van der Waals surface area contributed by atoms with Crippen molar-refractivity contribution >= 4 is 5.97 Å². The first-order valence-electron chi connectivity index (χ1n) is 5.55. The number of carbonyl (C=O) groups is 1. The van der Waals surface area contributed by atoms with Crippen LogP contribution in [0.3, 0.4) is 0 Å². The second-order valence-corrected chi connectivity index (χ2v) is 3.79. The number of carbonyl (C=O) groups excluding carboxylic acids is 1. The zero-order valence-electron chi connectivity index (χ0n) is 9.45. The van der Waals surface area contributed by atoms with Crippen LogP contribution < -0.4 is 4.57 Å². The number of hydrogen-bond donors (Lipinski definition) is 1. The first kappa shape index (κ1) is 11.4. The maximum Gasteiger partial charge on any atom is 0.333 e. The molecule has 0 saturated carbocycles. The van der Waals surface area contributed by atoms with Gasteiger partial charge in [-0.05, 0) is 12.3 Å². The number of imidazole rings is 1. The fourth-order valence-electron chi connectivity index (χ4n) is 1.53. The number of esters is 1. The van der Waals surface area contributed by atoms with E-state index >= 15 is 0 Å². The lowest BCUT2D eigenvalue weighted by atomic mass is 10.0. The van der Waals surface area contributed by atoms with Crippen LogP contribution in [0.15, 0.2) is 55.2 Å². The smallest absolute Gasteiger partial charge is 0.333 e. The molecule has 0 bridgehead atoms. The number of ether oxygens (including phenoxy) is 1. The molecule has 1 aliphatic rings. The quantitative estimate of drug-likeness (QED) is 0.485. The third kappa shape index (κ3) is 3.75. The fourth-order valence-corrected chi connectivity index (χ4v) is 1.53. The minimum atomic E-state index is -0.318. The second-order valence-electron chi connectivity index (χ2n) is 3.79. The highest BCUT2D eigenvalue weighted by Crippen LogP contribution is 2.12. The summed E-state index contributed by atoms with van der Waals surface area (Å²) in [7, 11) is 0. The van der Waals surface area contributed by atoms with Crippen molar-refractivity contribution in [2.45, 2.75) is 13.2 Å². The summed E-state index contributed by atoms with van der Waals surface area (Å²) in [6, 6.07) is 0. The first-order chi connectivity index (χ1) is 8.34. The Bertz CT molecular complexity index is 444. The molecule has 1 heterocycles. The molecular formula is C13H15N2O2+. The van der Waals surface area contributed by atoms with E-state index in [2.05, 4.69) is 17.1 Å². The van der Waals surface area contributed by atoms with Gasteiger partial charge in [0, 0.05) is 6.08 Å². The molecule has 0 amide bonds. The lowest BCUT2D eigenvalue weighted by molar-refractivity contribution is -0.726. The van der Waals surface area contributed by atoms with E-state index in [1.165, 1.54) is 6.08 Å². The van der Waals surface area contributed by atoms with Crippen LogP contribution in [0.1, 0.15) is 6.42 Å². The minimum absolute atomic E-state index is 0.229. The largest absolute Gasteiger partial charge is 0.422 e. The van der Waals surface area contributed by atoms with Crippen LogP contribution in [-0.2, 0) is 16.3 Å². The zero-order valence-corrected chi connectivity index (χ0v) is 9.45. The molecule has 17 heavy (non-hydrogen) atoms. The van der Waals surface area contributed by atoms with Crippen LogP contribution in [0.5, 0.6) is 0 Å². The Hall–Kier alpha value is -2.10. The van der Waals surface area contributed by atoms with Crippen LogP contribution in [0, 0.1) is 5.92 Å². The molecule has 1 unspecified atom stereocenters. The molecule has 1 aromatic heterocycles. The lowest BCUT2D eigenvalue weighted by Crippen LogP contribution is -2.33. The molecule has 0 aromatic carbocycles. The molecular weight excluding hydrogens is 216 g/mol. The summed E-state index contributed by atoms with van der Waals surface area (Å²) in [6.45, 7) is 0.229. The lowest BCUT2D eigenvalue weighted by Gasteiger charge is -2.06. The number of hydrogen-bond acceptors (Lipinski definition) is 2. The van der Waals surface area contributed by atoms with Crippen LogP contribution in [0.4, 0.5) is 0 Å². The van der Waals surface area contributed by atoms with Crippen LogP contribution in [0.25, 0.3) is 0 Å². The van der Waals surface area contributed by atoms with Crippen molar-refractivity contribution in [3.63, 3.8) is 0 Å². The van der Waals surface area contributed by atoms with Gasteiger partial charge in [0.25, 0.3) is 0 Å². The predicted molar refractivity (Wildman–Crippen MR) is 62.6 cm³/mol. The summed E-state index contributed by atoms with van der Waals surface area (Å²) in [4.78, 5) is 14.3. The maximum atomic E-state index is 11.4. The Morgan fingerprint density at radius 3 is 3.18 bits per heavy atom. The number of H-pyrrole nitrogens is 1. The minimum Gasteiger partial charge on any atom is -0.422 e. The summed E-state index contributed by atoms with van der Waals surface area (Å²) in [5, 5.41) is 0. The van der Waals surface area contributed by atoms with Gasteiger partial charge in [-0.2, -0.15) is 0 Å². The summed E-state index contributed by atoms with van der Waals surface area (Å²) in [5.74, 6) is -0.0193. The molecule has 4 heteroatoms. The summed E-state index contributed by atoms with van der Waals surface area (Å²) < 4.78 is 6.80. The van der Waals surface area contributed by atoms with Crippen molar-refractivity contribution < 1.29 is 14.1 Å². The number of aromatic nitrogens is 2. The van der Waals surface area contributed by atoms with Gasteiger partial charge >= 0.3 is 5.97 Å². The molecule has 1 N–H and O–H groups in total. The molecule has 1 aromatic rings. The topological polar surface area (TPSA) is 46.0 Å². The summed E-state index contributed by atoms with van der Waals surface area (Å²) >= 11 is 0. The number of allylic oxidation sites excluding steroid dienone is 5. The highest BCUT2D eigenvalue weighted by Gasteiger charge is 2.04. The van der Waals surface area contributed by atoms with Crippen molar-refractivity contribution in [2.24, 2.45) is 5.92 Å². The van der Waals surface area contributed by atoms with E-state index in [-0.39, 0.29) is 12.7 Å². The molecule has 1 atom stereocenters. The maximum absolute atomic E-state index is 11.4. The van der Waals surface area contributed by atoms with Gasteiger partial charge in [-0.1, -0.05) is 30.4 Å². The van der Waals surface area contributed by atoms with Gasteiger partial charge < -0.3 is 4.74 Å². The zero-order chi connectivity index (χ0) is 11.9. The Morgan fingerprint density at radius 2 is 2.47 bits per heavy atom. The molecule has 0 fully saturated rings. The van der Waals surface area contributed by atoms with Gasteiger partial charge in [0.05, 0.1) is 0 Å². The van der Waals surface area contributed by atoms with E-state index in [1.807, 2.05) is 18.2 Å². The van der Waals surface area contributed by atoms with Crippen molar-refractivity contribution in [1.82, 2.24) is 4.98 Å². The number of aromatic amines is 1. The monoisotopic (exact) mass is 231 g/mol. The summed E-state index contributed by atoms with van der Waals surface area (Å²) in [5.41, 5.74) is 0. The summed E-state index contributed by atoms with van der Waals surface area (Å²) in [6.07, 6.45) is 17.7. The number of nitrogens with zero attached hydrogens (tertiary/aromatic N) is 1. The Balaban J connectivity index is 1.75. The average Bonchev–Trinajstić information content (AvgIpc) is 2.88. The number of rotatable bonds is 4. The van der Waals surface area contributed by atoms with E-state index in [0.29, 0.717) is 5.92 Å². The average molecular weight is 231 g/mol.